The van der Waals surface area contributed by atoms with Gasteiger partial charge in [0.25, 0.3) is 5.91 Å². The fourth-order valence-corrected chi connectivity index (χ4v) is 2.39. The maximum absolute atomic E-state index is 11.9. The molecule has 0 spiro atoms. The van der Waals surface area contributed by atoms with E-state index in [0.717, 1.165) is 11.1 Å². The number of hydrogen-bond acceptors (Lipinski definition) is 5. The third-order valence-corrected chi connectivity index (χ3v) is 3.97. The van der Waals surface area contributed by atoms with Crippen molar-refractivity contribution in [2.45, 2.75) is 26.7 Å². The average Bonchev–Trinajstić information content (AvgIpc) is 2.66. The molecule has 0 radical (unpaired) electrons. The van der Waals surface area contributed by atoms with Crippen molar-refractivity contribution in [1.29, 1.82) is 0 Å². The van der Waals surface area contributed by atoms with E-state index in [4.69, 9.17) is 14.2 Å². The monoisotopic (exact) mass is 371 g/mol. The van der Waals surface area contributed by atoms with Gasteiger partial charge in [-0.1, -0.05) is 38.1 Å². The molecule has 0 aliphatic heterocycles. The van der Waals surface area contributed by atoms with Crippen molar-refractivity contribution < 1.29 is 23.8 Å². The van der Waals surface area contributed by atoms with Crippen molar-refractivity contribution in [2.24, 2.45) is 0 Å². The number of ether oxygens (including phenoxy) is 3. The van der Waals surface area contributed by atoms with E-state index in [1.165, 1.54) is 7.11 Å². The number of aryl methyl sites for hydroxylation is 1. The number of nitrogens with one attached hydrogen (secondary N) is 1. The zero-order valence-corrected chi connectivity index (χ0v) is 16.1. The first-order valence-electron chi connectivity index (χ1n) is 8.72. The molecule has 0 aromatic heterocycles. The predicted octanol–water partition coefficient (Wildman–Crippen LogP) is 3.69. The minimum atomic E-state index is -0.612. The van der Waals surface area contributed by atoms with Gasteiger partial charge in [-0.25, -0.2) is 4.79 Å². The normalized spacial score (nSPS) is 10.4. The molecule has 0 saturated carbocycles. The van der Waals surface area contributed by atoms with E-state index in [2.05, 4.69) is 19.2 Å². The second-order valence-electron chi connectivity index (χ2n) is 6.38. The van der Waals surface area contributed by atoms with E-state index in [-0.39, 0.29) is 6.61 Å². The number of para-hydroxylation sites is 2. The van der Waals surface area contributed by atoms with E-state index in [0.29, 0.717) is 23.1 Å². The first kappa shape index (κ1) is 20.3. The van der Waals surface area contributed by atoms with Crippen LogP contribution in [0.5, 0.6) is 11.5 Å². The van der Waals surface area contributed by atoms with Gasteiger partial charge in [-0.15, -0.1) is 0 Å². The molecule has 144 valence electrons. The van der Waals surface area contributed by atoms with E-state index < -0.39 is 18.5 Å². The lowest BCUT2D eigenvalue weighted by molar-refractivity contribution is -0.149. The molecular weight excluding hydrogens is 346 g/mol. The van der Waals surface area contributed by atoms with Crippen LogP contribution in [-0.2, 0) is 14.3 Å². The van der Waals surface area contributed by atoms with Gasteiger partial charge in [-0.05, 0) is 42.2 Å². The van der Waals surface area contributed by atoms with Crippen LogP contribution in [0.1, 0.15) is 30.9 Å². The van der Waals surface area contributed by atoms with E-state index in [9.17, 15) is 9.59 Å². The Morgan fingerprint density at radius 1 is 1.04 bits per heavy atom. The number of rotatable bonds is 8. The second kappa shape index (κ2) is 9.62. The maximum Gasteiger partial charge on any atom is 0.344 e. The molecule has 0 atom stereocenters. The molecule has 1 N–H and O–H groups in total. The quantitative estimate of drug-likeness (QED) is 0.717. The van der Waals surface area contributed by atoms with Crippen LogP contribution in [0.3, 0.4) is 0 Å². The molecule has 2 aromatic carbocycles. The first-order valence-corrected chi connectivity index (χ1v) is 8.72. The highest BCUT2D eigenvalue weighted by Crippen LogP contribution is 2.24. The summed E-state index contributed by atoms with van der Waals surface area (Å²) in [6.07, 6.45) is 0. The minimum absolute atomic E-state index is 0.260. The standard InChI is InChI=1S/C21H25NO5/c1-14(2)16-10-9-15(3)19(11-16)26-13-21(24)27-12-20(23)22-17-7-5-6-8-18(17)25-4/h5-11,14H,12-13H2,1-4H3,(H,22,23). The van der Waals surface area contributed by atoms with Gasteiger partial charge in [-0.2, -0.15) is 0 Å². The van der Waals surface area contributed by atoms with Crippen molar-refractivity contribution in [3.05, 3.63) is 53.6 Å². The number of carbonyl (C=O) groups excluding carboxylic acids is 2. The number of anilines is 1. The Hall–Kier alpha value is -3.02. The Labute approximate surface area is 159 Å². The summed E-state index contributed by atoms with van der Waals surface area (Å²) < 4.78 is 15.7. The fourth-order valence-electron chi connectivity index (χ4n) is 2.39. The Bertz CT molecular complexity index is 801. The predicted molar refractivity (Wildman–Crippen MR) is 103 cm³/mol. The number of esters is 1. The Balaban J connectivity index is 1.82. The lowest BCUT2D eigenvalue weighted by Gasteiger charge is -2.13. The lowest BCUT2D eigenvalue weighted by Crippen LogP contribution is -2.24. The molecule has 0 aliphatic carbocycles. The molecule has 1 amide bonds. The van der Waals surface area contributed by atoms with Crippen LogP contribution in [0.2, 0.25) is 0 Å². The maximum atomic E-state index is 11.9. The van der Waals surface area contributed by atoms with Crippen molar-refractivity contribution in [3.8, 4) is 11.5 Å². The Morgan fingerprint density at radius 2 is 1.78 bits per heavy atom. The molecule has 0 heterocycles. The van der Waals surface area contributed by atoms with Crippen LogP contribution in [0.25, 0.3) is 0 Å². The highest BCUT2D eigenvalue weighted by Gasteiger charge is 2.12. The van der Waals surface area contributed by atoms with Crippen LogP contribution in [0.4, 0.5) is 5.69 Å². The van der Waals surface area contributed by atoms with E-state index in [1.54, 1.807) is 24.3 Å². The van der Waals surface area contributed by atoms with E-state index >= 15 is 0 Å². The fraction of sp³-hybridized carbons (Fsp3) is 0.333. The summed E-state index contributed by atoms with van der Waals surface area (Å²) >= 11 is 0. The molecule has 0 unspecified atom stereocenters. The molecule has 0 bridgehead atoms. The summed E-state index contributed by atoms with van der Waals surface area (Å²) in [6.45, 7) is 5.42. The number of amides is 1. The summed E-state index contributed by atoms with van der Waals surface area (Å²) in [5.41, 5.74) is 2.57. The third-order valence-electron chi connectivity index (χ3n) is 3.97. The van der Waals surface area contributed by atoms with Gasteiger partial charge in [0.05, 0.1) is 12.8 Å². The summed E-state index contributed by atoms with van der Waals surface area (Å²) in [5, 5.41) is 2.64. The van der Waals surface area contributed by atoms with Crippen molar-refractivity contribution in [3.63, 3.8) is 0 Å². The summed E-state index contributed by atoms with van der Waals surface area (Å²) in [6, 6.07) is 12.9. The Morgan fingerprint density at radius 3 is 2.48 bits per heavy atom. The van der Waals surface area contributed by atoms with Crippen LogP contribution in [-0.4, -0.2) is 32.2 Å². The van der Waals surface area contributed by atoms with Crippen molar-refractivity contribution >= 4 is 17.6 Å². The number of benzene rings is 2. The SMILES string of the molecule is COc1ccccc1NC(=O)COC(=O)COc1cc(C(C)C)ccc1C. The third kappa shape index (κ3) is 6.02. The van der Waals surface area contributed by atoms with Crippen LogP contribution in [0.15, 0.2) is 42.5 Å². The van der Waals surface area contributed by atoms with E-state index in [1.807, 2.05) is 25.1 Å². The number of carbonyl (C=O) groups is 2. The molecule has 2 rings (SSSR count). The lowest BCUT2D eigenvalue weighted by atomic mass is 10.0. The molecule has 2 aromatic rings. The average molecular weight is 371 g/mol. The van der Waals surface area contributed by atoms with Gasteiger partial charge in [0.1, 0.15) is 11.5 Å². The molecule has 0 fully saturated rings. The number of hydrogen-bond donors (Lipinski definition) is 1. The molecule has 6 heteroatoms. The molecule has 0 saturated heterocycles. The zero-order chi connectivity index (χ0) is 19.8. The highest BCUT2D eigenvalue weighted by molar-refractivity contribution is 5.94. The number of methoxy groups -OCH3 is 1. The summed E-state index contributed by atoms with van der Waals surface area (Å²) in [4.78, 5) is 23.8. The smallest absolute Gasteiger partial charge is 0.344 e. The first-order chi connectivity index (χ1) is 12.9. The van der Waals surface area contributed by atoms with Crippen LogP contribution >= 0.6 is 0 Å². The second-order valence-corrected chi connectivity index (χ2v) is 6.38. The topological polar surface area (TPSA) is 73.9 Å². The minimum Gasteiger partial charge on any atom is -0.495 e. The van der Waals surface area contributed by atoms with Gasteiger partial charge in [0.15, 0.2) is 13.2 Å². The zero-order valence-electron chi connectivity index (χ0n) is 16.1. The van der Waals surface area contributed by atoms with Gasteiger partial charge < -0.3 is 19.5 Å². The highest BCUT2D eigenvalue weighted by atomic mass is 16.6. The van der Waals surface area contributed by atoms with Gasteiger partial charge in [0, 0.05) is 0 Å². The molecule has 6 nitrogen and oxygen atoms in total. The largest absolute Gasteiger partial charge is 0.495 e. The molecule has 27 heavy (non-hydrogen) atoms. The van der Waals surface area contributed by atoms with Crippen molar-refractivity contribution in [1.82, 2.24) is 0 Å². The summed E-state index contributed by atoms with van der Waals surface area (Å²) in [7, 11) is 1.51. The van der Waals surface area contributed by atoms with Gasteiger partial charge in [-0.3, -0.25) is 4.79 Å². The van der Waals surface area contributed by atoms with Gasteiger partial charge >= 0.3 is 5.97 Å². The molecule has 0 aliphatic rings. The summed E-state index contributed by atoms with van der Waals surface area (Å²) in [5.74, 6) is 0.460. The molecular formula is C21H25NO5. The van der Waals surface area contributed by atoms with Crippen LogP contribution in [0, 0.1) is 6.92 Å². The Kier molecular flexibility index (Phi) is 7.23. The van der Waals surface area contributed by atoms with Gasteiger partial charge in [0.2, 0.25) is 0 Å². The van der Waals surface area contributed by atoms with Crippen molar-refractivity contribution in [2.75, 3.05) is 25.6 Å². The van der Waals surface area contributed by atoms with Crippen LogP contribution < -0.4 is 14.8 Å².